The summed E-state index contributed by atoms with van der Waals surface area (Å²) in [5.41, 5.74) is -1.07. The van der Waals surface area contributed by atoms with Crippen molar-refractivity contribution >= 4 is 125 Å². The molecule has 56 heavy (non-hydrogen) atoms. The highest BCUT2D eigenvalue weighted by Gasteiger charge is 2.57. The van der Waals surface area contributed by atoms with Crippen molar-refractivity contribution in [2.24, 2.45) is 5.92 Å². The molecule has 0 aromatic heterocycles. The van der Waals surface area contributed by atoms with Crippen molar-refractivity contribution in [3.05, 3.63) is 139 Å². The smallest absolute Gasteiger partial charge is 0.247 e. The summed E-state index contributed by atoms with van der Waals surface area (Å²) in [6.07, 6.45) is 4.88. The van der Waals surface area contributed by atoms with Crippen molar-refractivity contribution in [1.82, 2.24) is 5.32 Å². The summed E-state index contributed by atoms with van der Waals surface area (Å²) in [5.74, 6) is -1.11. The van der Waals surface area contributed by atoms with Crippen LogP contribution in [0.4, 0.5) is 0 Å². The third-order valence-corrected chi connectivity index (χ3v) is 15.2. The number of benzene rings is 2. The van der Waals surface area contributed by atoms with Gasteiger partial charge in [-0.25, -0.2) is 0 Å². The fraction of sp³-hybridized carbons (Fsp3) is 0.135. The molecule has 276 valence electrons. The van der Waals surface area contributed by atoms with Crippen molar-refractivity contribution in [2.75, 3.05) is 0 Å². The van der Waals surface area contributed by atoms with Crippen molar-refractivity contribution in [2.45, 2.75) is 20.7 Å². The lowest BCUT2D eigenvalue weighted by atomic mass is 9.85. The van der Waals surface area contributed by atoms with E-state index in [1.54, 1.807) is 54.6 Å². The zero-order valence-electron chi connectivity index (χ0n) is 27.7. The number of nitrogens with zero attached hydrogens (tertiary/aromatic N) is 4. The van der Waals surface area contributed by atoms with E-state index in [-0.39, 0.29) is 65.3 Å². The quantitative estimate of drug-likeness (QED) is 0.104. The lowest BCUT2D eigenvalue weighted by Crippen LogP contribution is -2.40. The molecule has 0 saturated carbocycles. The van der Waals surface area contributed by atoms with Gasteiger partial charge in [-0.3, -0.25) is 34.1 Å². The Hall–Kier alpha value is -4.98. The zero-order valence-corrected chi connectivity index (χ0v) is 34.0. The minimum absolute atomic E-state index is 0.164. The van der Waals surface area contributed by atoms with E-state index in [4.69, 9.17) is 55.9 Å². The second-order valence-electron chi connectivity index (χ2n) is 11.6. The van der Waals surface area contributed by atoms with Gasteiger partial charge < -0.3 is 0 Å². The van der Waals surface area contributed by atoms with E-state index in [1.165, 1.54) is 0 Å². The summed E-state index contributed by atoms with van der Waals surface area (Å²) in [4.78, 5) is 73.7. The summed E-state index contributed by atoms with van der Waals surface area (Å²) >= 11 is 21.6. The van der Waals surface area contributed by atoms with Gasteiger partial charge in [0.25, 0.3) is 0 Å². The number of hydrogen-bond donors (Lipinski definition) is 1. The predicted octanol–water partition coefficient (Wildman–Crippen LogP) is 6.71. The number of nitriles is 4. The number of amides is 2. The predicted molar refractivity (Wildman–Crippen MR) is 220 cm³/mol. The Balaban J connectivity index is 0.000000144. The molecule has 2 atom stereocenters. The van der Waals surface area contributed by atoms with Gasteiger partial charge in [-0.1, -0.05) is 107 Å². The van der Waals surface area contributed by atoms with Crippen LogP contribution in [0.15, 0.2) is 79.9 Å². The van der Waals surface area contributed by atoms with E-state index >= 15 is 0 Å². The second-order valence-corrected chi connectivity index (χ2v) is 20.1. The van der Waals surface area contributed by atoms with Gasteiger partial charge in [-0.15, -0.1) is 45.3 Å². The monoisotopic (exact) mass is 891 g/mol. The lowest BCUT2D eigenvalue weighted by Gasteiger charge is -2.32. The molecule has 2 aromatic carbocycles. The Labute approximate surface area is 348 Å². The minimum Gasteiger partial charge on any atom is -0.295 e. The van der Waals surface area contributed by atoms with E-state index in [1.807, 2.05) is 30.4 Å². The first-order valence-corrected chi connectivity index (χ1v) is 20.9. The third-order valence-electron chi connectivity index (χ3n) is 8.40. The van der Waals surface area contributed by atoms with E-state index in [0.29, 0.717) is 28.0 Å². The first-order chi connectivity index (χ1) is 26.7. The molecular formula is C37H16Cl3N5O6S5. The minimum atomic E-state index is -1.62. The van der Waals surface area contributed by atoms with Crippen molar-refractivity contribution in [3.63, 3.8) is 0 Å². The van der Waals surface area contributed by atoms with Crippen LogP contribution in [-0.2, 0) is 9.59 Å². The van der Waals surface area contributed by atoms with Crippen LogP contribution < -0.4 is 27.0 Å². The number of allylic oxidation sites excluding steroid dienone is 1. The van der Waals surface area contributed by atoms with E-state index in [2.05, 4.69) is 5.32 Å². The lowest BCUT2D eigenvalue weighted by molar-refractivity contribution is -0.125. The Morgan fingerprint density at radius 3 is 1.27 bits per heavy atom. The van der Waals surface area contributed by atoms with Gasteiger partial charge in [-0.05, 0) is 12.8 Å². The highest BCUT2D eigenvalue weighted by atomic mass is 35.6. The van der Waals surface area contributed by atoms with Crippen LogP contribution in [0, 0.1) is 69.4 Å². The molecule has 3 aliphatic heterocycles. The average Bonchev–Trinajstić information content (AvgIpc) is 3.45. The van der Waals surface area contributed by atoms with Crippen molar-refractivity contribution < 1.29 is 9.59 Å². The van der Waals surface area contributed by atoms with Gasteiger partial charge in [0.05, 0.1) is 24.0 Å². The highest BCUT2D eigenvalue weighted by molar-refractivity contribution is 8.06. The molecule has 2 unspecified atom stereocenters. The first kappa shape index (κ1) is 40.7. The maximum atomic E-state index is 12.4. The average molecular weight is 893 g/mol. The molecular weight excluding hydrogens is 877 g/mol. The molecule has 0 radical (unpaired) electrons. The van der Waals surface area contributed by atoms with Crippen LogP contribution in [0.1, 0.15) is 32.4 Å². The molecule has 0 spiro atoms. The molecule has 1 N–H and O–H groups in total. The normalized spacial score (nSPS) is 17.0. The number of halogens is 3. The van der Waals surface area contributed by atoms with Crippen LogP contribution in [0.25, 0.3) is 21.5 Å². The second kappa shape index (κ2) is 16.2. The van der Waals surface area contributed by atoms with Crippen LogP contribution in [-0.4, -0.2) is 19.7 Å². The molecule has 2 amide bonds. The molecule has 11 nitrogen and oxygen atoms in total. The molecule has 8 rings (SSSR count). The van der Waals surface area contributed by atoms with Gasteiger partial charge >= 0.3 is 0 Å². The number of carbonyl (C=O) groups is 2. The SMILES string of the molecule is N#Cc1sc2c(=O)c3ccccc3c(=O)c=2sc1C#N.N#Cc1sc2c(=O)c3ccccc3c(=O)c=2sc1C#N.O=C1NC(=O)C2(SC(Cl)(Cl)Cl)C=CCCC12. The van der Waals surface area contributed by atoms with E-state index < -0.39 is 19.7 Å². The van der Waals surface area contributed by atoms with Crippen molar-refractivity contribution in [1.29, 1.82) is 21.0 Å². The summed E-state index contributed by atoms with van der Waals surface area (Å²) in [7, 11) is 0. The molecule has 2 aromatic rings. The third kappa shape index (κ3) is 7.47. The van der Waals surface area contributed by atoms with Gasteiger partial charge in [0.15, 0.2) is 0 Å². The first-order valence-electron chi connectivity index (χ1n) is 15.6. The van der Waals surface area contributed by atoms with E-state index in [9.17, 15) is 28.8 Å². The van der Waals surface area contributed by atoms with Gasteiger partial charge in [0, 0.05) is 21.5 Å². The number of hydrogen-bond acceptors (Lipinski definition) is 15. The van der Waals surface area contributed by atoms with Crippen LogP contribution in [0.2, 0.25) is 0 Å². The van der Waals surface area contributed by atoms with E-state index in [0.717, 1.165) is 63.5 Å². The summed E-state index contributed by atoms with van der Waals surface area (Å²) in [6, 6.07) is 20.8. The fourth-order valence-electron chi connectivity index (χ4n) is 5.97. The largest absolute Gasteiger partial charge is 0.295 e. The molecule has 3 heterocycles. The molecule has 19 heteroatoms. The number of fused-ring (bicyclic) bond motifs is 3. The summed E-state index contributed by atoms with van der Waals surface area (Å²) in [6.45, 7) is 0. The number of nitrogens with one attached hydrogen (secondary N) is 1. The molecule has 0 bridgehead atoms. The standard InChI is InChI=1S/2C14H4N2O2S2.C9H8Cl3NO2S/c2*15-5-9-10(6-16)20-14-12(18)8-4-2-1-3-7(8)11(17)13(14)19-9;10-9(11,12)16-8-4-2-1-3-5(8)6(14)13-7(8)15/h2*1-4H;2,4-5H,1,3H2,(H,13,14,15). The summed E-state index contributed by atoms with van der Waals surface area (Å²) in [5, 5.41) is 39.8. The number of rotatable bonds is 1. The highest BCUT2D eigenvalue weighted by Crippen LogP contribution is 2.54. The number of alkyl halides is 3. The van der Waals surface area contributed by atoms with Crippen LogP contribution in [0.3, 0.4) is 0 Å². The Morgan fingerprint density at radius 2 is 0.964 bits per heavy atom. The molecule has 1 saturated heterocycles. The summed E-state index contributed by atoms with van der Waals surface area (Å²) < 4.78 is -1.70. The van der Waals surface area contributed by atoms with Crippen LogP contribution in [0.5, 0.6) is 0 Å². The number of thioether (sulfide) groups is 1. The maximum absolute atomic E-state index is 12.4. The Kier molecular flexibility index (Phi) is 11.8. The van der Waals surface area contributed by atoms with Gasteiger partial charge in [-0.2, -0.15) is 21.0 Å². The Morgan fingerprint density at radius 1 is 0.625 bits per heavy atom. The molecule has 3 aliphatic carbocycles. The Bertz CT molecular complexity index is 2900. The zero-order chi connectivity index (χ0) is 40.5. The topological polar surface area (TPSA) is 210 Å². The van der Waals surface area contributed by atoms with Crippen LogP contribution >= 0.6 is 91.9 Å². The molecule has 1 fully saturated rings. The maximum Gasteiger partial charge on any atom is 0.247 e. The number of carbonyl (C=O) groups excluding carboxylic acids is 2. The molecule has 6 aliphatic rings. The fourth-order valence-corrected chi connectivity index (χ4v) is 12.3. The van der Waals surface area contributed by atoms with Gasteiger partial charge in [0.2, 0.25) is 36.7 Å². The van der Waals surface area contributed by atoms with Crippen molar-refractivity contribution in [3.8, 4) is 24.3 Å². The van der Waals surface area contributed by atoms with Gasteiger partial charge in [0.1, 0.15) is 48.5 Å². The number of imide groups is 1.